The van der Waals surface area contributed by atoms with Crippen molar-refractivity contribution in [1.29, 1.82) is 0 Å². The van der Waals surface area contributed by atoms with E-state index in [0.717, 1.165) is 5.56 Å². The minimum Gasteiger partial charge on any atom is -0.334 e. The number of benzene rings is 3. The lowest BCUT2D eigenvalue weighted by Crippen LogP contribution is -2.01. The monoisotopic (exact) mass is 371 g/mol. The van der Waals surface area contributed by atoms with E-state index in [1.165, 1.54) is 24.3 Å². The van der Waals surface area contributed by atoms with E-state index in [2.05, 4.69) is 10.1 Å². The highest BCUT2D eigenvalue weighted by Gasteiger charge is 2.14. The number of nitro groups is 1. The number of hydrogen-bond donors (Lipinski definition) is 0. The summed E-state index contributed by atoms with van der Waals surface area (Å²) in [7, 11) is 0. The van der Waals surface area contributed by atoms with Gasteiger partial charge in [-0.2, -0.15) is 4.98 Å². The van der Waals surface area contributed by atoms with Crippen molar-refractivity contribution in [3.63, 3.8) is 0 Å². The van der Waals surface area contributed by atoms with Gasteiger partial charge in [0.1, 0.15) is 0 Å². The molecule has 0 bridgehead atoms. The fraction of sp³-hybridized carbons (Fsp3) is 0. The minimum atomic E-state index is -0.502. The molecule has 4 aromatic rings. The van der Waals surface area contributed by atoms with Crippen molar-refractivity contribution >= 4 is 11.5 Å². The molecule has 0 unspecified atom stereocenters. The molecule has 0 saturated heterocycles. The average molecular weight is 371 g/mol. The third kappa shape index (κ3) is 3.41. The van der Waals surface area contributed by atoms with E-state index in [4.69, 9.17) is 4.52 Å². The lowest BCUT2D eigenvalue weighted by atomic mass is 10.0. The summed E-state index contributed by atoms with van der Waals surface area (Å²) in [5, 5.41) is 14.7. The molecule has 3 aromatic carbocycles. The maximum absolute atomic E-state index is 12.5. The third-order valence-electron chi connectivity index (χ3n) is 4.19. The van der Waals surface area contributed by atoms with Gasteiger partial charge in [-0.15, -0.1) is 0 Å². The van der Waals surface area contributed by atoms with Crippen LogP contribution in [-0.2, 0) is 0 Å². The van der Waals surface area contributed by atoms with Crippen molar-refractivity contribution in [3.8, 4) is 22.8 Å². The largest absolute Gasteiger partial charge is 0.334 e. The summed E-state index contributed by atoms with van der Waals surface area (Å²) >= 11 is 0. The number of nitrogens with zero attached hydrogens (tertiary/aromatic N) is 3. The first kappa shape index (κ1) is 17.3. The quantitative estimate of drug-likeness (QED) is 0.290. The van der Waals surface area contributed by atoms with Gasteiger partial charge in [0.2, 0.25) is 5.82 Å². The maximum Gasteiger partial charge on any atom is 0.269 e. The highest BCUT2D eigenvalue weighted by atomic mass is 16.6. The van der Waals surface area contributed by atoms with Crippen LogP contribution in [0.5, 0.6) is 0 Å². The van der Waals surface area contributed by atoms with Crippen molar-refractivity contribution in [2.45, 2.75) is 0 Å². The first-order chi connectivity index (χ1) is 13.6. The third-order valence-corrected chi connectivity index (χ3v) is 4.19. The SMILES string of the molecule is O=C(c1ccc(-c2noc(-c3ccccc3)n2)cc1)c1ccc([N+](=O)[O-])cc1. The molecule has 1 aromatic heterocycles. The Bertz CT molecular complexity index is 1130. The Hall–Kier alpha value is -4.13. The molecule has 0 radical (unpaired) electrons. The number of hydrogen-bond acceptors (Lipinski definition) is 6. The van der Waals surface area contributed by atoms with E-state index in [0.29, 0.717) is 28.4 Å². The molecule has 0 N–H and O–H groups in total. The van der Waals surface area contributed by atoms with E-state index in [1.807, 2.05) is 30.3 Å². The summed E-state index contributed by atoms with van der Waals surface area (Å²) in [6.07, 6.45) is 0. The fourth-order valence-electron chi connectivity index (χ4n) is 2.71. The molecule has 0 spiro atoms. The Kier molecular flexibility index (Phi) is 4.47. The molecule has 0 aliphatic heterocycles. The van der Waals surface area contributed by atoms with E-state index in [1.54, 1.807) is 24.3 Å². The zero-order valence-electron chi connectivity index (χ0n) is 14.5. The number of carbonyl (C=O) groups excluding carboxylic acids is 1. The highest BCUT2D eigenvalue weighted by Crippen LogP contribution is 2.23. The first-order valence-corrected chi connectivity index (χ1v) is 8.40. The summed E-state index contributed by atoms with van der Waals surface area (Å²) in [4.78, 5) is 27.1. The molecule has 0 atom stereocenters. The van der Waals surface area contributed by atoms with E-state index in [9.17, 15) is 14.9 Å². The van der Waals surface area contributed by atoms with Crippen molar-refractivity contribution in [2.75, 3.05) is 0 Å². The molecule has 7 nitrogen and oxygen atoms in total. The van der Waals surface area contributed by atoms with Gasteiger partial charge in [0.25, 0.3) is 11.6 Å². The number of non-ortho nitro benzene ring substituents is 1. The minimum absolute atomic E-state index is 0.0572. The molecule has 1 heterocycles. The molecule has 0 fully saturated rings. The Labute approximate surface area is 159 Å². The summed E-state index contributed by atoms with van der Waals surface area (Å²) in [6, 6.07) is 21.7. The van der Waals surface area contributed by atoms with Crippen molar-refractivity contribution in [1.82, 2.24) is 10.1 Å². The van der Waals surface area contributed by atoms with Gasteiger partial charge in [-0.1, -0.05) is 47.6 Å². The van der Waals surface area contributed by atoms with Gasteiger partial charge in [0, 0.05) is 34.4 Å². The van der Waals surface area contributed by atoms with Crippen LogP contribution >= 0.6 is 0 Å². The number of ketones is 1. The average Bonchev–Trinajstić information content (AvgIpc) is 3.24. The Morgan fingerprint density at radius 2 is 1.43 bits per heavy atom. The second kappa shape index (κ2) is 7.24. The molecule has 4 rings (SSSR count). The van der Waals surface area contributed by atoms with E-state index >= 15 is 0 Å². The zero-order valence-corrected chi connectivity index (χ0v) is 14.5. The van der Waals surface area contributed by atoms with Crippen LogP contribution in [0.3, 0.4) is 0 Å². The van der Waals surface area contributed by atoms with Gasteiger partial charge >= 0.3 is 0 Å². The smallest absolute Gasteiger partial charge is 0.269 e. The summed E-state index contributed by atoms with van der Waals surface area (Å²) in [5.74, 6) is 0.620. The summed E-state index contributed by atoms with van der Waals surface area (Å²) < 4.78 is 5.30. The summed E-state index contributed by atoms with van der Waals surface area (Å²) in [6.45, 7) is 0. The van der Waals surface area contributed by atoms with Gasteiger partial charge < -0.3 is 4.52 Å². The lowest BCUT2D eigenvalue weighted by molar-refractivity contribution is -0.384. The Morgan fingerprint density at radius 3 is 2.04 bits per heavy atom. The predicted molar refractivity (Wildman–Crippen MR) is 102 cm³/mol. The standard InChI is InChI=1S/C21H13N3O4/c25-19(15-10-12-18(13-11-15)24(26)27)14-6-8-16(9-7-14)20-22-21(28-23-20)17-4-2-1-3-5-17/h1-13H. The van der Waals surface area contributed by atoms with Crippen LogP contribution in [0, 0.1) is 10.1 Å². The van der Waals surface area contributed by atoms with Gasteiger partial charge in [0.05, 0.1) is 4.92 Å². The number of rotatable bonds is 5. The Balaban J connectivity index is 1.55. The van der Waals surface area contributed by atoms with Crippen LogP contribution in [0.2, 0.25) is 0 Å². The van der Waals surface area contributed by atoms with Crippen molar-refractivity contribution in [2.24, 2.45) is 0 Å². The number of aromatic nitrogens is 2. The van der Waals surface area contributed by atoms with Crippen LogP contribution in [0.25, 0.3) is 22.8 Å². The van der Waals surface area contributed by atoms with Crippen molar-refractivity contribution in [3.05, 3.63) is 100 Å². The van der Waals surface area contributed by atoms with Crippen LogP contribution in [0.15, 0.2) is 83.4 Å². The molecule has 7 heteroatoms. The van der Waals surface area contributed by atoms with Gasteiger partial charge in [-0.3, -0.25) is 14.9 Å². The summed E-state index contributed by atoms with van der Waals surface area (Å²) in [5.41, 5.74) is 2.32. The number of carbonyl (C=O) groups is 1. The molecule has 136 valence electrons. The van der Waals surface area contributed by atoms with Crippen LogP contribution in [0.4, 0.5) is 5.69 Å². The van der Waals surface area contributed by atoms with Gasteiger partial charge in [-0.05, 0) is 24.3 Å². The number of nitro benzene ring substituents is 1. The molecular formula is C21H13N3O4. The van der Waals surface area contributed by atoms with Gasteiger partial charge in [0.15, 0.2) is 5.78 Å². The van der Waals surface area contributed by atoms with Gasteiger partial charge in [-0.25, -0.2) is 0 Å². The molecule has 0 saturated carbocycles. The second-order valence-electron chi connectivity index (χ2n) is 6.00. The van der Waals surface area contributed by atoms with Crippen LogP contribution in [0.1, 0.15) is 15.9 Å². The van der Waals surface area contributed by atoms with E-state index < -0.39 is 4.92 Å². The zero-order chi connectivity index (χ0) is 19.5. The topological polar surface area (TPSA) is 99.1 Å². The van der Waals surface area contributed by atoms with E-state index in [-0.39, 0.29) is 11.5 Å². The lowest BCUT2D eigenvalue weighted by Gasteiger charge is -2.02. The molecular weight excluding hydrogens is 358 g/mol. The molecule has 0 aliphatic rings. The first-order valence-electron chi connectivity index (χ1n) is 8.40. The second-order valence-corrected chi connectivity index (χ2v) is 6.00. The predicted octanol–water partition coefficient (Wildman–Crippen LogP) is 4.54. The maximum atomic E-state index is 12.5. The van der Waals surface area contributed by atoms with Crippen molar-refractivity contribution < 1.29 is 14.2 Å². The molecule has 0 amide bonds. The van der Waals surface area contributed by atoms with Crippen LogP contribution in [-0.4, -0.2) is 20.8 Å². The molecule has 28 heavy (non-hydrogen) atoms. The fourth-order valence-corrected chi connectivity index (χ4v) is 2.71. The van der Waals surface area contributed by atoms with Crippen LogP contribution < -0.4 is 0 Å². The highest BCUT2D eigenvalue weighted by molar-refractivity contribution is 6.09. The Morgan fingerprint density at radius 1 is 0.821 bits per heavy atom. The molecule has 0 aliphatic carbocycles. The normalized spacial score (nSPS) is 10.6.